The predicted molar refractivity (Wildman–Crippen MR) is 94.5 cm³/mol. The molecule has 4 rings (SSSR count). The Balaban J connectivity index is 1.39. The van der Waals surface area contributed by atoms with Crippen molar-refractivity contribution < 1.29 is 19.7 Å². The molecule has 2 aliphatic heterocycles. The first-order valence-electron chi connectivity index (χ1n) is 8.81. The van der Waals surface area contributed by atoms with Crippen LogP contribution in [0.2, 0.25) is 0 Å². The first-order chi connectivity index (χ1) is 12.2. The number of hydrogen-bond donors (Lipinski definition) is 2. The van der Waals surface area contributed by atoms with Gasteiger partial charge in [0.05, 0.1) is 0 Å². The summed E-state index contributed by atoms with van der Waals surface area (Å²) in [4.78, 5) is 2.41. The zero-order chi connectivity index (χ0) is 17.2. The van der Waals surface area contributed by atoms with Crippen molar-refractivity contribution >= 4 is 0 Å². The fourth-order valence-corrected chi connectivity index (χ4v) is 3.75. The van der Waals surface area contributed by atoms with Gasteiger partial charge in [-0.15, -0.1) is 0 Å². The van der Waals surface area contributed by atoms with Crippen LogP contribution in [0.4, 0.5) is 0 Å². The summed E-state index contributed by atoms with van der Waals surface area (Å²) in [6.07, 6.45) is 2.27. The fraction of sp³-hybridized carbons (Fsp3) is 0.400. The highest BCUT2D eigenvalue weighted by Gasteiger charge is 2.27. The number of hydrogen-bond acceptors (Lipinski definition) is 5. The molecule has 2 aliphatic rings. The number of phenols is 2. The highest BCUT2D eigenvalue weighted by atomic mass is 16.6. The molecule has 132 valence electrons. The molecule has 2 atom stereocenters. The van der Waals surface area contributed by atoms with Gasteiger partial charge in [0.15, 0.2) is 11.5 Å². The van der Waals surface area contributed by atoms with E-state index in [1.54, 1.807) is 24.3 Å². The number of piperidine rings is 1. The van der Waals surface area contributed by atoms with Gasteiger partial charge in [-0.3, -0.25) is 4.90 Å². The van der Waals surface area contributed by atoms with Gasteiger partial charge in [0.25, 0.3) is 0 Å². The lowest BCUT2D eigenvalue weighted by Crippen LogP contribution is -2.44. The quantitative estimate of drug-likeness (QED) is 0.898. The maximum absolute atomic E-state index is 9.72. The van der Waals surface area contributed by atoms with E-state index in [1.807, 2.05) is 12.1 Å². The summed E-state index contributed by atoms with van der Waals surface area (Å²) in [6, 6.07) is 12.5. The maximum atomic E-state index is 9.72. The minimum absolute atomic E-state index is 0.0139. The number of phenolic OH excluding ortho intramolecular Hbond substituents is 2. The van der Waals surface area contributed by atoms with E-state index < -0.39 is 0 Å². The van der Waals surface area contributed by atoms with E-state index >= 15 is 0 Å². The summed E-state index contributed by atoms with van der Waals surface area (Å²) in [5, 5.41) is 19.2. The number of nitrogens with zero attached hydrogens (tertiary/aromatic N) is 1. The number of ether oxygens (including phenoxy) is 2. The van der Waals surface area contributed by atoms with Crippen LogP contribution in [0.25, 0.3) is 0 Å². The Hall–Kier alpha value is -2.40. The molecule has 0 spiro atoms. The average Bonchev–Trinajstić information content (AvgIpc) is 2.62. The van der Waals surface area contributed by atoms with Crippen molar-refractivity contribution in [1.29, 1.82) is 0 Å². The normalized spacial score (nSPS) is 23.4. The maximum Gasteiger partial charge on any atom is 0.165 e. The highest BCUT2D eigenvalue weighted by molar-refractivity contribution is 5.46. The van der Waals surface area contributed by atoms with Crippen LogP contribution in [0.1, 0.15) is 24.3 Å². The van der Waals surface area contributed by atoms with Crippen LogP contribution in [0.15, 0.2) is 42.5 Å². The second-order valence-electron chi connectivity index (χ2n) is 6.88. The van der Waals surface area contributed by atoms with Crippen LogP contribution in [0.5, 0.6) is 23.0 Å². The van der Waals surface area contributed by atoms with Gasteiger partial charge in [0.1, 0.15) is 24.2 Å². The Kier molecular flexibility index (Phi) is 4.40. The molecule has 0 amide bonds. The smallest absolute Gasteiger partial charge is 0.165 e. The van der Waals surface area contributed by atoms with Crippen molar-refractivity contribution in [2.45, 2.75) is 24.9 Å². The molecule has 5 nitrogen and oxygen atoms in total. The summed E-state index contributed by atoms with van der Waals surface area (Å²) in [5.41, 5.74) is 1.20. The Morgan fingerprint density at radius 2 is 1.92 bits per heavy atom. The Morgan fingerprint density at radius 1 is 1.04 bits per heavy atom. The number of benzene rings is 2. The number of aromatic hydroxyl groups is 2. The van der Waals surface area contributed by atoms with Crippen LogP contribution in [0, 0.1) is 0 Å². The summed E-state index contributed by atoms with van der Waals surface area (Å²) in [7, 11) is 0. The molecular formula is C20H23NO4. The minimum atomic E-state index is -0.0139. The standard InChI is InChI=1S/C20H23NO4/c22-16-5-1-3-14(9-16)15-4-2-8-21(11-15)12-18-13-24-20-10-17(23)6-7-19(20)25-18/h1,3,5-7,9-10,15,18,22-23H,2,4,8,11-13H2/t15?,18-/m0/s1. The van der Waals surface area contributed by atoms with E-state index in [4.69, 9.17) is 9.47 Å². The van der Waals surface area contributed by atoms with E-state index in [1.165, 1.54) is 5.56 Å². The Labute approximate surface area is 147 Å². The average molecular weight is 341 g/mol. The third kappa shape index (κ3) is 3.66. The monoisotopic (exact) mass is 341 g/mol. The van der Waals surface area contributed by atoms with Gasteiger partial charge < -0.3 is 19.7 Å². The van der Waals surface area contributed by atoms with Gasteiger partial charge in [0.2, 0.25) is 0 Å². The molecule has 0 aromatic heterocycles. The molecule has 2 heterocycles. The zero-order valence-electron chi connectivity index (χ0n) is 14.1. The molecule has 1 unspecified atom stereocenters. The number of likely N-dealkylation sites (tertiary alicyclic amines) is 1. The molecule has 1 fully saturated rings. The SMILES string of the molecule is Oc1cccc(C2CCCN(C[C@H]3COc4cc(O)ccc4O3)C2)c1. The lowest BCUT2D eigenvalue weighted by Gasteiger charge is -2.36. The van der Waals surface area contributed by atoms with Crippen molar-refractivity contribution in [3.63, 3.8) is 0 Å². The van der Waals surface area contributed by atoms with Crippen molar-refractivity contribution in [2.75, 3.05) is 26.2 Å². The molecule has 1 saturated heterocycles. The lowest BCUT2D eigenvalue weighted by atomic mass is 9.90. The Morgan fingerprint density at radius 3 is 2.80 bits per heavy atom. The number of rotatable bonds is 3. The fourth-order valence-electron chi connectivity index (χ4n) is 3.75. The van der Waals surface area contributed by atoms with Crippen LogP contribution < -0.4 is 9.47 Å². The van der Waals surface area contributed by atoms with E-state index in [0.29, 0.717) is 29.8 Å². The van der Waals surface area contributed by atoms with Gasteiger partial charge in [-0.2, -0.15) is 0 Å². The molecule has 5 heteroatoms. The predicted octanol–water partition coefficient (Wildman–Crippen LogP) is 3.12. The molecule has 0 aliphatic carbocycles. The molecular weight excluding hydrogens is 318 g/mol. The molecule has 25 heavy (non-hydrogen) atoms. The molecule has 2 aromatic carbocycles. The van der Waals surface area contributed by atoms with Crippen LogP contribution in [-0.4, -0.2) is 47.5 Å². The van der Waals surface area contributed by atoms with Crippen molar-refractivity contribution in [1.82, 2.24) is 4.90 Å². The van der Waals surface area contributed by atoms with Gasteiger partial charge in [-0.25, -0.2) is 0 Å². The second-order valence-corrected chi connectivity index (χ2v) is 6.88. The largest absolute Gasteiger partial charge is 0.508 e. The van der Waals surface area contributed by atoms with Crippen molar-refractivity contribution in [3.8, 4) is 23.0 Å². The summed E-state index contributed by atoms with van der Waals surface area (Å²) in [5.74, 6) is 2.25. The molecule has 0 radical (unpaired) electrons. The third-order valence-corrected chi connectivity index (χ3v) is 4.95. The number of fused-ring (bicyclic) bond motifs is 1. The molecule has 2 aromatic rings. The summed E-state index contributed by atoms with van der Waals surface area (Å²) in [6.45, 7) is 3.32. The summed E-state index contributed by atoms with van der Waals surface area (Å²) >= 11 is 0. The van der Waals surface area contributed by atoms with Crippen molar-refractivity contribution in [2.24, 2.45) is 0 Å². The minimum Gasteiger partial charge on any atom is -0.508 e. The molecule has 0 bridgehead atoms. The lowest BCUT2D eigenvalue weighted by molar-refractivity contribution is 0.0502. The summed E-state index contributed by atoms with van der Waals surface area (Å²) < 4.78 is 11.8. The van der Waals surface area contributed by atoms with Gasteiger partial charge in [-0.05, 0) is 55.1 Å². The first kappa shape index (κ1) is 16.1. The molecule has 2 N–H and O–H groups in total. The van der Waals surface area contributed by atoms with Gasteiger partial charge >= 0.3 is 0 Å². The van der Waals surface area contributed by atoms with Crippen LogP contribution in [-0.2, 0) is 0 Å². The van der Waals surface area contributed by atoms with Crippen molar-refractivity contribution in [3.05, 3.63) is 48.0 Å². The van der Waals surface area contributed by atoms with Gasteiger partial charge in [-0.1, -0.05) is 12.1 Å². The van der Waals surface area contributed by atoms with E-state index in [9.17, 15) is 10.2 Å². The van der Waals surface area contributed by atoms with Gasteiger partial charge in [0, 0.05) is 19.2 Å². The zero-order valence-corrected chi connectivity index (χ0v) is 14.1. The molecule has 0 saturated carbocycles. The Bertz CT molecular complexity index is 748. The van der Waals surface area contributed by atoms with Crippen LogP contribution >= 0.6 is 0 Å². The van der Waals surface area contributed by atoms with E-state index in [2.05, 4.69) is 11.0 Å². The van der Waals surface area contributed by atoms with E-state index in [0.717, 1.165) is 32.5 Å². The topological polar surface area (TPSA) is 62.2 Å². The highest BCUT2D eigenvalue weighted by Crippen LogP contribution is 2.35. The van der Waals surface area contributed by atoms with E-state index in [-0.39, 0.29) is 11.9 Å². The first-order valence-corrected chi connectivity index (χ1v) is 8.81. The van der Waals surface area contributed by atoms with Crippen LogP contribution in [0.3, 0.4) is 0 Å². The second kappa shape index (κ2) is 6.84. The third-order valence-electron chi connectivity index (χ3n) is 4.95.